The van der Waals surface area contributed by atoms with Crippen LogP contribution in [0.4, 0.5) is 0 Å². The number of halogens is 1. The van der Waals surface area contributed by atoms with Crippen LogP contribution in [0.3, 0.4) is 0 Å². The topological polar surface area (TPSA) is 53.3 Å². The van der Waals surface area contributed by atoms with Gasteiger partial charge >= 0.3 is 5.97 Å². The Morgan fingerprint density at radius 1 is 1.19 bits per heavy atom. The summed E-state index contributed by atoms with van der Waals surface area (Å²) in [7, 11) is 1.65. The van der Waals surface area contributed by atoms with Gasteiger partial charge in [-0.05, 0) is 51.0 Å². The van der Waals surface area contributed by atoms with Crippen molar-refractivity contribution in [2.45, 2.75) is 34.2 Å². The number of esters is 1. The molecule has 0 saturated carbocycles. The predicted octanol–water partition coefficient (Wildman–Crippen LogP) is 4.85. The molecule has 0 fully saturated rings. The van der Waals surface area contributed by atoms with Crippen LogP contribution in [0, 0.1) is 20.8 Å². The summed E-state index contributed by atoms with van der Waals surface area (Å²) < 4.78 is 12.5. The second kappa shape index (κ2) is 7.61. The van der Waals surface area contributed by atoms with E-state index >= 15 is 0 Å². The molecule has 142 valence electrons. The van der Waals surface area contributed by atoms with Crippen molar-refractivity contribution < 1.29 is 14.3 Å². The molecule has 3 aromatic rings. The maximum atomic E-state index is 12.3. The molecular formula is C21H23ClN2O3. The Labute approximate surface area is 163 Å². The zero-order valence-electron chi connectivity index (χ0n) is 16.2. The number of benzene rings is 1. The highest BCUT2D eigenvalue weighted by atomic mass is 35.5. The Morgan fingerprint density at radius 3 is 2.44 bits per heavy atom. The molecule has 27 heavy (non-hydrogen) atoms. The highest BCUT2D eigenvalue weighted by Gasteiger charge is 2.24. The van der Waals surface area contributed by atoms with Crippen molar-refractivity contribution in [3.8, 4) is 5.75 Å². The van der Waals surface area contributed by atoms with E-state index in [9.17, 15) is 4.79 Å². The van der Waals surface area contributed by atoms with Gasteiger partial charge in [-0.25, -0.2) is 9.78 Å². The number of carbonyl (C=O) groups excluding carboxylic acids is 1. The van der Waals surface area contributed by atoms with Crippen LogP contribution in [0.5, 0.6) is 5.75 Å². The van der Waals surface area contributed by atoms with Gasteiger partial charge in [-0.1, -0.05) is 23.7 Å². The van der Waals surface area contributed by atoms with Gasteiger partial charge in [0.1, 0.15) is 17.0 Å². The molecule has 0 bridgehead atoms. The maximum absolute atomic E-state index is 12.3. The SMILES string of the molecule is CCOC(=O)c1c(C)nc2c(c(C)c(C)n2Cc2ccc(OC)cc2)c1Cl. The van der Waals surface area contributed by atoms with Crippen molar-refractivity contribution in [3.63, 3.8) is 0 Å². The molecule has 2 heterocycles. The van der Waals surface area contributed by atoms with Crippen LogP contribution >= 0.6 is 11.6 Å². The summed E-state index contributed by atoms with van der Waals surface area (Å²) in [4.78, 5) is 17.0. The van der Waals surface area contributed by atoms with E-state index in [1.165, 1.54) is 0 Å². The van der Waals surface area contributed by atoms with Gasteiger partial charge in [-0.3, -0.25) is 0 Å². The molecule has 0 saturated heterocycles. The minimum absolute atomic E-state index is 0.295. The third-order valence-electron chi connectivity index (χ3n) is 4.86. The van der Waals surface area contributed by atoms with Crippen LogP contribution in [0.1, 0.15) is 39.8 Å². The lowest BCUT2D eigenvalue weighted by Gasteiger charge is -2.11. The van der Waals surface area contributed by atoms with Crippen LogP contribution in [-0.4, -0.2) is 29.2 Å². The van der Waals surface area contributed by atoms with E-state index in [4.69, 9.17) is 26.1 Å². The highest BCUT2D eigenvalue weighted by molar-refractivity contribution is 6.38. The van der Waals surface area contributed by atoms with Crippen molar-refractivity contribution in [2.75, 3.05) is 13.7 Å². The van der Waals surface area contributed by atoms with E-state index in [0.29, 0.717) is 29.4 Å². The molecule has 0 aliphatic heterocycles. The number of hydrogen-bond acceptors (Lipinski definition) is 4. The molecule has 0 aliphatic carbocycles. The molecule has 1 aromatic carbocycles. The van der Waals surface area contributed by atoms with Gasteiger partial charge in [0.15, 0.2) is 0 Å². The fourth-order valence-electron chi connectivity index (χ4n) is 3.27. The number of ether oxygens (including phenoxy) is 2. The lowest BCUT2D eigenvalue weighted by atomic mass is 10.1. The number of pyridine rings is 1. The van der Waals surface area contributed by atoms with Crippen LogP contribution < -0.4 is 4.74 Å². The fraction of sp³-hybridized carbons (Fsp3) is 0.333. The van der Waals surface area contributed by atoms with E-state index < -0.39 is 5.97 Å². The molecule has 0 radical (unpaired) electrons. The Kier molecular flexibility index (Phi) is 5.42. The standard InChI is InChI=1S/C21H23ClN2O3/c1-6-27-21(25)18-13(3)23-20-17(19(18)22)12(2)14(4)24(20)11-15-7-9-16(26-5)10-8-15/h7-10H,6,11H2,1-5H3. The van der Waals surface area contributed by atoms with Gasteiger partial charge in [0.2, 0.25) is 0 Å². The van der Waals surface area contributed by atoms with Crippen molar-refractivity contribution in [2.24, 2.45) is 0 Å². The van der Waals surface area contributed by atoms with Gasteiger partial charge in [0, 0.05) is 17.6 Å². The summed E-state index contributed by atoms with van der Waals surface area (Å²) in [5.74, 6) is 0.384. The molecule has 0 spiro atoms. The van der Waals surface area contributed by atoms with Gasteiger partial charge < -0.3 is 14.0 Å². The molecular weight excluding hydrogens is 364 g/mol. The van der Waals surface area contributed by atoms with Crippen LogP contribution in [0.25, 0.3) is 11.0 Å². The van der Waals surface area contributed by atoms with Crippen LogP contribution in [-0.2, 0) is 11.3 Å². The van der Waals surface area contributed by atoms with Crippen molar-refractivity contribution >= 4 is 28.6 Å². The normalized spacial score (nSPS) is 11.0. The van der Waals surface area contributed by atoms with E-state index in [0.717, 1.165) is 33.6 Å². The minimum Gasteiger partial charge on any atom is -0.497 e. The molecule has 0 atom stereocenters. The van der Waals surface area contributed by atoms with Gasteiger partial charge in [0.05, 0.1) is 24.4 Å². The third-order valence-corrected chi connectivity index (χ3v) is 5.23. The van der Waals surface area contributed by atoms with E-state index in [2.05, 4.69) is 4.57 Å². The zero-order valence-corrected chi connectivity index (χ0v) is 17.0. The first kappa shape index (κ1) is 19.2. The lowest BCUT2D eigenvalue weighted by Crippen LogP contribution is -2.10. The zero-order chi connectivity index (χ0) is 19.7. The van der Waals surface area contributed by atoms with E-state index in [1.54, 1.807) is 21.0 Å². The first-order chi connectivity index (χ1) is 12.9. The molecule has 0 aliphatic rings. The van der Waals surface area contributed by atoms with E-state index in [1.807, 2.05) is 38.1 Å². The highest BCUT2D eigenvalue weighted by Crippen LogP contribution is 2.34. The number of nitrogens with zero attached hydrogens (tertiary/aromatic N) is 2. The third kappa shape index (κ3) is 3.39. The minimum atomic E-state index is -0.436. The molecule has 3 rings (SSSR count). The number of methoxy groups -OCH3 is 1. The lowest BCUT2D eigenvalue weighted by molar-refractivity contribution is 0.0525. The van der Waals surface area contributed by atoms with Gasteiger partial charge in [-0.2, -0.15) is 0 Å². The summed E-state index contributed by atoms with van der Waals surface area (Å²) in [6.07, 6.45) is 0. The monoisotopic (exact) mass is 386 g/mol. The number of aromatic nitrogens is 2. The number of hydrogen-bond donors (Lipinski definition) is 0. The van der Waals surface area contributed by atoms with Crippen LogP contribution in [0.15, 0.2) is 24.3 Å². The quantitative estimate of drug-likeness (QED) is 0.588. The molecule has 2 aromatic heterocycles. The van der Waals surface area contributed by atoms with Gasteiger partial charge in [-0.15, -0.1) is 0 Å². The molecule has 0 amide bonds. The smallest absolute Gasteiger partial charge is 0.341 e. The Bertz CT molecular complexity index is 1010. The first-order valence-electron chi connectivity index (χ1n) is 8.84. The summed E-state index contributed by atoms with van der Waals surface area (Å²) in [5, 5.41) is 1.21. The summed E-state index contributed by atoms with van der Waals surface area (Å²) >= 11 is 6.64. The molecule has 6 heteroatoms. The number of fused-ring (bicyclic) bond motifs is 1. The summed E-state index contributed by atoms with van der Waals surface area (Å²) in [6, 6.07) is 7.93. The van der Waals surface area contributed by atoms with Crippen LogP contribution in [0.2, 0.25) is 5.02 Å². The molecule has 0 unspecified atom stereocenters. The van der Waals surface area contributed by atoms with Gasteiger partial charge in [0.25, 0.3) is 0 Å². The van der Waals surface area contributed by atoms with Crippen molar-refractivity contribution in [1.29, 1.82) is 0 Å². The average Bonchev–Trinajstić information content (AvgIpc) is 2.87. The second-order valence-corrected chi connectivity index (χ2v) is 6.83. The summed E-state index contributed by atoms with van der Waals surface area (Å²) in [5.41, 5.74) is 4.89. The Balaban J connectivity index is 2.14. The maximum Gasteiger partial charge on any atom is 0.341 e. The average molecular weight is 387 g/mol. The number of rotatable bonds is 5. The van der Waals surface area contributed by atoms with Crippen molar-refractivity contribution in [1.82, 2.24) is 9.55 Å². The molecule has 5 nitrogen and oxygen atoms in total. The van der Waals surface area contributed by atoms with Crippen molar-refractivity contribution in [3.05, 3.63) is 57.4 Å². The fourth-order valence-corrected chi connectivity index (χ4v) is 3.71. The number of aryl methyl sites for hydroxylation is 2. The first-order valence-corrected chi connectivity index (χ1v) is 9.22. The largest absolute Gasteiger partial charge is 0.497 e. The Morgan fingerprint density at radius 2 is 1.85 bits per heavy atom. The Hall–Kier alpha value is -2.53. The summed E-state index contributed by atoms with van der Waals surface area (Å²) in [6.45, 7) is 8.54. The molecule has 0 N–H and O–H groups in total. The van der Waals surface area contributed by atoms with E-state index in [-0.39, 0.29) is 0 Å². The predicted molar refractivity (Wildman–Crippen MR) is 107 cm³/mol. The number of carbonyl (C=O) groups is 1. The second-order valence-electron chi connectivity index (χ2n) is 6.45.